The van der Waals surface area contributed by atoms with E-state index in [0.717, 1.165) is 57.4 Å². The molecule has 0 amide bonds. The first-order valence-corrected chi connectivity index (χ1v) is 11.5. The fraction of sp³-hybridized carbons (Fsp3) is 0.545. The Morgan fingerprint density at radius 3 is 2.60 bits per heavy atom. The van der Waals surface area contributed by atoms with E-state index in [9.17, 15) is 0 Å². The van der Waals surface area contributed by atoms with Gasteiger partial charge >= 0.3 is 0 Å². The lowest BCUT2D eigenvalue weighted by atomic mass is 9.99. The summed E-state index contributed by atoms with van der Waals surface area (Å²) in [7, 11) is 0. The summed E-state index contributed by atoms with van der Waals surface area (Å²) in [6.07, 6.45) is 5.98. The fourth-order valence-corrected chi connectivity index (χ4v) is 4.85. The predicted molar refractivity (Wildman–Crippen MR) is 137 cm³/mol. The molecule has 0 radical (unpaired) electrons. The van der Waals surface area contributed by atoms with Crippen molar-refractivity contribution in [3.8, 4) is 0 Å². The molecule has 1 aliphatic heterocycles. The molecule has 1 aromatic heterocycles. The molecule has 1 fully saturated rings. The van der Waals surface area contributed by atoms with Crippen molar-refractivity contribution in [1.82, 2.24) is 20.4 Å². The van der Waals surface area contributed by atoms with Gasteiger partial charge in [0.25, 0.3) is 0 Å². The van der Waals surface area contributed by atoms with Gasteiger partial charge in [0.2, 0.25) is 0 Å². The zero-order valence-electron chi connectivity index (χ0n) is 18.0. The minimum absolute atomic E-state index is 0. The number of benzene rings is 1. The van der Waals surface area contributed by atoms with Gasteiger partial charge in [-0.15, -0.1) is 24.0 Å². The number of hydrogen-bond acceptors (Lipinski definition) is 4. The first-order chi connectivity index (χ1) is 14.2. The van der Waals surface area contributed by atoms with Gasteiger partial charge in [-0.25, -0.2) is 4.99 Å². The molecule has 2 aromatic rings. The molecule has 6 nitrogen and oxygen atoms in total. The summed E-state index contributed by atoms with van der Waals surface area (Å²) in [5, 5.41) is 11.3. The van der Waals surface area contributed by atoms with Crippen LogP contribution in [0.2, 0.25) is 0 Å². The Hall–Kier alpha value is -1.26. The standard InChI is InChI=1S/C22H33N5OS.HI/c1-3-23-21(25-18-22(29-4-2)10-14-28-15-11-22)24-16-19-8-5-6-9-20(19)17-27-13-7-12-26-27;/h5-9,12-13H,3-4,10-11,14-18H2,1-2H3,(H2,23,24,25);1H. The third-order valence-corrected chi connectivity index (χ3v) is 6.65. The van der Waals surface area contributed by atoms with Crippen LogP contribution >= 0.6 is 35.7 Å². The number of nitrogens with zero attached hydrogens (tertiary/aromatic N) is 3. The highest BCUT2D eigenvalue weighted by Gasteiger charge is 2.32. The van der Waals surface area contributed by atoms with Crippen LogP contribution in [0.15, 0.2) is 47.7 Å². The van der Waals surface area contributed by atoms with Crippen LogP contribution in [0.4, 0.5) is 0 Å². The number of thioether (sulfide) groups is 1. The van der Waals surface area contributed by atoms with Crippen LogP contribution in [0.25, 0.3) is 0 Å². The Morgan fingerprint density at radius 1 is 1.17 bits per heavy atom. The van der Waals surface area contributed by atoms with Crippen molar-refractivity contribution in [3.63, 3.8) is 0 Å². The van der Waals surface area contributed by atoms with Crippen molar-refractivity contribution in [1.29, 1.82) is 0 Å². The molecule has 0 saturated carbocycles. The maximum Gasteiger partial charge on any atom is 0.191 e. The average Bonchev–Trinajstić information content (AvgIpc) is 3.25. The molecule has 3 rings (SSSR count). The molecule has 0 atom stereocenters. The summed E-state index contributed by atoms with van der Waals surface area (Å²) in [6.45, 7) is 9.20. The van der Waals surface area contributed by atoms with Crippen molar-refractivity contribution in [2.75, 3.05) is 32.1 Å². The normalized spacial score (nSPS) is 16.0. The van der Waals surface area contributed by atoms with Gasteiger partial charge in [-0.2, -0.15) is 16.9 Å². The molecular formula is C22H34IN5OS. The SMILES string of the molecule is CCNC(=NCc1ccccc1Cn1cccn1)NCC1(SCC)CCOCC1.I. The lowest BCUT2D eigenvalue weighted by molar-refractivity contribution is 0.0782. The average molecular weight is 544 g/mol. The summed E-state index contributed by atoms with van der Waals surface area (Å²) >= 11 is 2.04. The van der Waals surface area contributed by atoms with Crippen LogP contribution in [-0.4, -0.2) is 52.5 Å². The van der Waals surface area contributed by atoms with Gasteiger partial charge in [-0.05, 0) is 42.7 Å². The van der Waals surface area contributed by atoms with E-state index >= 15 is 0 Å². The number of nitrogens with one attached hydrogen (secondary N) is 2. The van der Waals surface area contributed by atoms with Gasteiger partial charge in [0.05, 0.1) is 13.1 Å². The predicted octanol–water partition coefficient (Wildman–Crippen LogP) is 3.91. The molecule has 8 heteroatoms. The van der Waals surface area contributed by atoms with E-state index in [1.807, 2.05) is 34.9 Å². The zero-order valence-corrected chi connectivity index (χ0v) is 21.1. The summed E-state index contributed by atoms with van der Waals surface area (Å²) in [4.78, 5) is 4.87. The monoisotopic (exact) mass is 543 g/mol. The van der Waals surface area contributed by atoms with E-state index in [1.54, 1.807) is 0 Å². The van der Waals surface area contributed by atoms with Gasteiger partial charge in [0.15, 0.2) is 5.96 Å². The highest BCUT2D eigenvalue weighted by Crippen LogP contribution is 2.34. The van der Waals surface area contributed by atoms with Gasteiger partial charge in [0.1, 0.15) is 0 Å². The van der Waals surface area contributed by atoms with Gasteiger partial charge in [-0.3, -0.25) is 4.68 Å². The van der Waals surface area contributed by atoms with Crippen LogP contribution in [0.3, 0.4) is 0 Å². The number of aliphatic imine (C=N–C) groups is 1. The minimum atomic E-state index is 0. The maximum absolute atomic E-state index is 5.59. The Bertz CT molecular complexity index is 757. The van der Waals surface area contributed by atoms with Crippen LogP contribution in [0.1, 0.15) is 37.8 Å². The molecule has 30 heavy (non-hydrogen) atoms. The number of rotatable bonds is 9. The number of aromatic nitrogens is 2. The lowest BCUT2D eigenvalue weighted by Gasteiger charge is -2.37. The highest BCUT2D eigenvalue weighted by atomic mass is 127. The molecule has 0 aliphatic carbocycles. The van der Waals surface area contributed by atoms with Crippen molar-refractivity contribution >= 4 is 41.7 Å². The van der Waals surface area contributed by atoms with E-state index in [0.29, 0.717) is 6.54 Å². The second-order valence-corrected chi connectivity index (χ2v) is 8.98. The van der Waals surface area contributed by atoms with Crippen molar-refractivity contribution in [3.05, 3.63) is 53.9 Å². The fourth-order valence-electron chi connectivity index (χ4n) is 3.61. The van der Waals surface area contributed by atoms with Gasteiger partial charge in [0, 0.05) is 43.4 Å². The van der Waals surface area contributed by atoms with Crippen LogP contribution in [0.5, 0.6) is 0 Å². The number of ether oxygens (including phenoxy) is 1. The molecule has 1 aromatic carbocycles. The smallest absolute Gasteiger partial charge is 0.191 e. The number of halogens is 1. The van der Waals surface area contributed by atoms with E-state index in [-0.39, 0.29) is 28.7 Å². The quantitative estimate of drug-likeness (QED) is 0.286. The Labute approximate surface area is 201 Å². The van der Waals surface area contributed by atoms with Crippen molar-refractivity contribution in [2.45, 2.75) is 44.5 Å². The van der Waals surface area contributed by atoms with E-state index in [1.165, 1.54) is 11.1 Å². The van der Waals surface area contributed by atoms with Crippen molar-refractivity contribution < 1.29 is 4.74 Å². The molecule has 2 heterocycles. The van der Waals surface area contributed by atoms with E-state index in [2.05, 4.69) is 53.8 Å². The first-order valence-electron chi connectivity index (χ1n) is 10.5. The zero-order chi connectivity index (χ0) is 20.4. The molecule has 0 unspecified atom stereocenters. The third-order valence-electron chi connectivity index (χ3n) is 5.19. The van der Waals surface area contributed by atoms with E-state index < -0.39 is 0 Å². The highest BCUT2D eigenvalue weighted by molar-refractivity contribution is 14.0. The minimum Gasteiger partial charge on any atom is -0.381 e. The van der Waals surface area contributed by atoms with Crippen LogP contribution in [0, 0.1) is 0 Å². The van der Waals surface area contributed by atoms with Crippen LogP contribution in [-0.2, 0) is 17.8 Å². The molecule has 2 N–H and O–H groups in total. The van der Waals surface area contributed by atoms with Gasteiger partial charge in [-0.1, -0.05) is 31.2 Å². The Balaban J connectivity index is 0.00000320. The molecule has 1 aliphatic rings. The first kappa shape index (κ1) is 25.0. The van der Waals surface area contributed by atoms with Crippen molar-refractivity contribution in [2.24, 2.45) is 4.99 Å². The summed E-state index contributed by atoms with van der Waals surface area (Å²) in [5.74, 6) is 2.00. The topological polar surface area (TPSA) is 63.5 Å². The number of hydrogen-bond donors (Lipinski definition) is 2. The maximum atomic E-state index is 5.59. The Morgan fingerprint density at radius 2 is 1.93 bits per heavy atom. The summed E-state index contributed by atoms with van der Waals surface area (Å²) in [6, 6.07) is 10.4. The Kier molecular flexibility index (Phi) is 11.0. The molecule has 0 spiro atoms. The second-order valence-electron chi connectivity index (χ2n) is 7.25. The lowest BCUT2D eigenvalue weighted by Crippen LogP contribution is -2.48. The van der Waals surface area contributed by atoms with Crippen LogP contribution < -0.4 is 10.6 Å². The van der Waals surface area contributed by atoms with E-state index in [4.69, 9.17) is 9.73 Å². The third kappa shape index (κ3) is 7.46. The number of guanidine groups is 1. The summed E-state index contributed by atoms with van der Waals surface area (Å²) < 4.78 is 7.78. The molecular weight excluding hydrogens is 509 g/mol. The molecule has 0 bridgehead atoms. The summed E-state index contributed by atoms with van der Waals surface area (Å²) in [5.41, 5.74) is 2.47. The second kappa shape index (κ2) is 13.2. The molecule has 166 valence electrons. The molecule has 1 saturated heterocycles. The largest absolute Gasteiger partial charge is 0.381 e. The van der Waals surface area contributed by atoms with Gasteiger partial charge < -0.3 is 15.4 Å².